The van der Waals surface area contributed by atoms with Gasteiger partial charge in [-0.15, -0.1) is 11.6 Å². The van der Waals surface area contributed by atoms with Gasteiger partial charge < -0.3 is 0 Å². The van der Waals surface area contributed by atoms with E-state index in [2.05, 4.69) is 0 Å². The van der Waals surface area contributed by atoms with E-state index in [0.29, 0.717) is 0 Å². The smallest absolute Gasteiger partial charge is 0.0487 e. The molecule has 0 saturated carbocycles. The molecule has 0 nitrogen and oxygen atoms in total. The van der Waals surface area contributed by atoms with Gasteiger partial charge in [-0.25, -0.2) is 0 Å². The van der Waals surface area contributed by atoms with E-state index >= 15 is 0 Å². The van der Waals surface area contributed by atoms with Gasteiger partial charge in [0.25, 0.3) is 0 Å². The predicted molar refractivity (Wildman–Crippen MR) is 30.1 cm³/mol. The van der Waals surface area contributed by atoms with Gasteiger partial charge in [0.05, 0.1) is 0 Å². The molecule has 36 valence electrons. The Balaban J connectivity index is 3.03. The van der Waals surface area contributed by atoms with E-state index in [-0.39, 0.29) is 5.38 Å². The van der Waals surface area contributed by atoms with Crippen molar-refractivity contribution >= 4 is 11.6 Å². The summed E-state index contributed by atoms with van der Waals surface area (Å²) in [5.74, 6) is 0. The maximum Gasteiger partial charge on any atom is 0.0487 e. The fourth-order valence-corrected chi connectivity index (χ4v) is 0.411. The molecule has 0 radical (unpaired) electrons. The van der Waals surface area contributed by atoms with Crippen LogP contribution in [-0.2, 0) is 0 Å². The monoisotopic (exact) mass is 104 g/mol. The molecule has 0 saturated heterocycles. The van der Waals surface area contributed by atoms with Crippen LogP contribution in [0, 0.1) is 0 Å². The maximum atomic E-state index is 5.49. The molecule has 0 aromatic heterocycles. The van der Waals surface area contributed by atoms with Crippen LogP contribution in [0.3, 0.4) is 0 Å². The van der Waals surface area contributed by atoms with Crippen molar-refractivity contribution in [3.8, 4) is 0 Å². The van der Waals surface area contributed by atoms with Crippen LogP contribution in [0.1, 0.15) is 13.8 Å². The highest BCUT2D eigenvalue weighted by atomic mass is 35.5. The number of alkyl halides is 1. The standard InChI is InChI=1S/C5H9Cl/c1-3-4-5(2)6/h3-5H,1-2H3/b4-3+/t5-/m1/s1. The molecular weight excluding hydrogens is 95.5 g/mol. The molecule has 0 aromatic rings. The van der Waals surface area contributed by atoms with Crippen molar-refractivity contribution in [2.24, 2.45) is 0 Å². The summed E-state index contributed by atoms with van der Waals surface area (Å²) in [6.45, 7) is 3.89. The van der Waals surface area contributed by atoms with Gasteiger partial charge in [0.15, 0.2) is 0 Å². The van der Waals surface area contributed by atoms with Gasteiger partial charge in [-0.1, -0.05) is 12.2 Å². The highest BCUT2D eigenvalue weighted by Gasteiger charge is 1.79. The van der Waals surface area contributed by atoms with Crippen molar-refractivity contribution in [1.29, 1.82) is 0 Å². The molecule has 0 rings (SSSR count). The summed E-state index contributed by atoms with van der Waals surface area (Å²) in [6.07, 6.45) is 3.87. The minimum Gasteiger partial charge on any atom is -0.119 e. The lowest BCUT2D eigenvalue weighted by molar-refractivity contribution is 1.22. The summed E-state index contributed by atoms with van der Waals surface area (Å²) in [5.41, 5.74) is 0. The van der Waals surface area contributed by atoms with Crippen LogP contribution in [0.2, 0.25) is 0 Å². The summed E-state index contributed by atoms with van der Waals surface area (Å²) in [4.78, 5) is 0. The van der Waals surface area contributed by atoms with Crippen LogP contribution in [0.5, 0.6) is 0 Å². The normalized spacial score (nSPS) is 15.8. The SMILES string of the molecule is C/C=C/[C@@H](C)Cl. The van der Waals surface area contributed by atoms with Gasteiger partial charge in [-0.2, -0.15) is 0 Å². The van der Waals surface area contributed by atoms with Gasteiger partial charge in [0, 0.05) is 5.38 Å². The van der Waals surface area contributed by atoms with E-state index in [0.717, 1.165) is 0 Å². The highest BCUT2D eigenvalue weighted by molar-refractivity contribution is 6.21. The first-order valence-corrected chi connectivity index (χ1v) is 2.48. The number of hydrogen-bond donors (Lipinski definition) is 0. The topological polar surface area (TPSA) is 0 Å². The van der Waals surface area contributed by atoms with Crippen molar-refractivity contribution in [3.05, 3.63) is 12.2 Å². The molecule has 0 unspecified atom stereocenters. The molecule has 1 heteroatoms. The van der Waals surface area contributed by atoms with E-state index in [1.807, 2.05) is 26.0 Å². The average molecular weight is 105 g/mol. The quantitative estimate of drug-likeness (QED) is 0.353. The van der Waals surface area contributed by atoms with Crippen LogP contribution in [0.4, 0.5) is 0 Å². The molecule has 0 spiro atoms. The summed E-state index contributed by atoms with van der Waals surface area (Å²) < 4.78 is 0. The fraction of sp³-hybridized carbons (Fsp3) is 0.600. The average Bonchev–Trinajstić information content (AvgIpc) is 1.35. The van der Waals surface area contributed by atoms with Gasteiger partial charge in [-0.3, -0.25) is 0 Å². The molecule has 0 heterocycles. The molecule has 0 N–H and O–H groups in total. The lowest BCUT2D eigenvalue weighted by atomic mass is 10.4. The molecule has 0 aliphatic rings. The Hall–Kier alpha value is 0.0300. The number of halogens is 1. The zero-order valence-corrected chi connectivity index (χ0v) is 4.87. The molecule has 6 heavy (non-hydrogen) atoms. The first kappa shape index (κ1) is 6.03. The Kier molecular flexibility index (Phi) is 3.24. The third-order valence-electron chi connectivity index (χ3n) is 0.458. The first-order chi connectivity index (χ1) is 2.77. The van der Waals surface area contributed by atoms with Gasteiger partial charge in [0.2, 0.25) is 0 Å². The van der Waals surface area contributed by atoms with Crippen molar-refractivity contribution in [3.63, 3.8) is 0 Å². The fourth-order valence-electron chi connectivity index (χ4n) is 0.265. The van der Waals surface area contributed by atoms with Gasteiger partial charge in [-0.05, 0) is 13.8 Å². The third kappa shape index (κ3) is 4.03. The Morgan fingerprint density at radius 3 is 2.17 bits per heavy atom. The van der Waals surface area contributed by atoms with Crippen molar-refractivity contribution in [2.75, 3.05) is 0 Å². The lowest BCUT2D eigenvalue weighted by Crippen LogP contribution is -1.77. The first-order valence-electron chi connectivity index (χ1n) is 2.04. The van der Waals surface area contributed by atoms with Crippen LogP contribution >= 0.6 is 11.6 Å². The predicted octanol–water partition coefficient (Wildman–Crippen LogP) is 2.19. The Labute approximate surface area is 43.8 Å². The molecular formula is C5H9Cl. The highest BCUT2D eigenvalue weighted by Crippen LogP contribution is 1.92. The summed E-state index contributed by atoms with van der Waals surface area (Å²) in [6, 6.07) is 0. The molecule has 0 aliphatic heterocycles. The number of rotatable bonds is 1. The van der Waals surface area contributed by atoms with Crippen LogP contribution in [-0.4, -0.2) is 5.38 Å². The van der Waals surface area contributed by atoms with Crippen LogP contribution in [0.25, 0.3) is 0 Å². The van der Waals surface area contributed by atoms with E-state index in [1.165, 1.54) is 0 Å². The zero-order valence-electron chi connectivity index (χ0n) is 4.11. The van der Waals surface area contributed by atoms with Crippen molar-refractivity contribution < 1.29 is 0 Å². The summed E-state index contributed by atoms with van der Waals surface area (Å²) in [7, 11) is 0. The van der Waals surface area contributed by atoms with Crippen molar-refractivity contribution in [1.82, 2.24) is 0 Å². The Morgan fingerprint density at radius 2 is 2.17 bits per heavy atom. The largest absolute Gasteiger partial charge is 0.119 e. The minimum absolute atomic E-state index is 0.190. The summed E-state index contributed by atoms with van der Waals surface area (Å²) in [5, 5.41) is 0.190. The number of hydrogen-bond acceptors (Lipinski definition) is 0. The van der Waals surface area contributed by atoms with E-state index in [4.69, 9.17) is 11.6 Å². The second kappa shape index (κ2) is 3.23. The van der Waals surface area contributed by atoms with Crippen LogP contribution in [0.15, 0.2) is 12.2 Å². The molecule has 0 bridgehead atoms. The van der Waals surface area contributed by atoms with Gasteiger partial charge >= 0.3 is 0 Å². The molecule has 0 aliphatic carbocycles. The second-order valence-electron chi connectivity index (χ2n) is 1.20. The van der Waals surface area contributed by atoms with E-state index < -0.39 is 0 Å². The minimum atomic E-state index is 0.190. The summed E-state index contributed by atoms with van der Waals surface area (Å²) >= 11 is 5.49. The number of allylic oxidation sites excluding steroid dienone is 2. The molecule has 0 amide bonds. The Bertz CT molecular complexity index is 45.9. The molecule has 1 atom stereocenters. The lowest BCUT2D eigenvalue weighted by Gasteiger charge is -1.84. The second-order valence-corrected chi connectivity index (χ2v) is 1.89. The Morgan fingerprint density at radius 1 is 1.67 bits per heavy atom. The molecule has 0 fully saturated rings. The van der Waals surface area contributed by atoms with Gasteiger partial charge in [0.1, 0.15) is 0 Å². The zero-order chi connectivity index (χ0) is 4.99. The maximum absolute atomic E-state index is 5.49. The molecule has 0 aromatic carbocycles. The van der Waals surface area contributed by atoms with Crippen molar-refractivity contribution in [2.45, 2.75) is 19.2 Å². The van der Waals surface area contributed by atoms with Crippen LogP contribution < -0.4 is 0 Å². The van der Waals surface area contributed by atoms with E-state index in [1.54, 1.807) is 0 Å². The van der Waals surface area contributed by atoms with E-state index in [9.17, 15) is 0 Å². The third-order valence-corrected chi connectivity index (χ3v) is 0.603.